The van der Waals surface area contributed by atoms with E-state index in [0.29, 0.717) is 16.4 Å². The van der Waals surface area contributed by atoms with Gasteiger partial charge in [0, 0.05) is 23.2 Å². The summed E-state index contributed by atoms with van der Waals surface area (Å²) in [6, 6.07) is 8.81. The number of carbonyl (C=O) groups excluding carboxylic acids is 1. The summed E-state index contributed by atoms with van der Waals surface area (Å²) in [5.74, 6) is -0.908. The lowest BCUT2D eigenvalue weighted by atomic mass is 9.61. The van der Waals surface area contributed by atoms with Crippen molar-refractivity contribution in [3.63, 3.8) is 0 Å². The van der Waals surface area contributed by atoms with Crippen molar-refractivity contribution in [2.45, 2.75) is 50.2 Å². The molecule has 4 fully saturated rings. The number of halogens is 4. The third-order valence-electron chi connectivity index (χ3n) is 10.2. The lowest BCUT2D eigenvalue weighted by Crippen LogP contribution is -2.53. The molecule has 4 aliphatic carbocycles. The predicted octanol–water partition coefficient (Wildman–Crippen LogP) is 6.09. The van der Waals surface area contributed by atoms with Gasteiger partial charge in [-0.15, -0.1) is 5.10 Å². The highest BCUT2D eigenvalue weighted by atomic mass is 32.2. The Balaban J connectivity index is 1.31. The van der Waals surface area contributed by atoms with Gasteiger partial charge in [0.25, 0.3) is 10.0 Å². The number of esters is 1. The van der Waals surface area contributed by atoms with E-state index in [1.807, 2.05) is 0 Å². The van der Waals surface area contributed by atoms with Crippen molar-refractivity contribution in [3.8, 4) is 11.4 Å². The van der Waals surface area contributed by atoms with E-state index in [1.165, 1.54) is 18.2 Å². The van der Waals surface area contributed by atoms with Crippen LogP contribution in [-0.2, 0) is 25.7 Å². The molecule has 0 radical (unpaired) electrons. The number of hydrogen-bond acceptors (Lipinski definition) is 8. The molecule has 2 bridgehead atoms. The summed E-state index contributed by atoms with van der Waals surface area (Å²) in [6.07, 6.45) is -0.0782. The van der Waals surface area contributed by atoms with Gasteiger partial charge in [0.2, 0.25) is 0 Å². The molecule has 0 spiro atoms. The van der Waals surface area contributed by atoms with E-state index in [1.54, 1.807) is 26.0 Å². The Kier molecular flexibility index (Phi) is 6.89. The normalized spacial score (nSPS) is 25.0. The number of alkyl halides is 3. The largest absolute Gasteiger partial charge is 0.466 e. The number of fused-ring (bicyclic) bond motifs is 4. The Labute approximate surface area is 272 Å². The number of pyridine rings is 1. The van der Waals surface area contributed by atoms with Gasteiger partial charge in [-0.25, -0.2) is 31.3 Å². The first-order chi connectivity index (χ1) is 22.9. The number of aromatic nitrogens is 5. The Morgan fingerprint density at radius 1 is 1.06 bits per heavy atom. The summed E-state index contributed by atoms with van der Waals surface area (Å²) >= 11 is 0. The van der Waals surface area contributed by atoms with Gasteiger partial charge in [0.15, 0.2) is 17.3 Å². The fraction of sp³-hybridized carbons (Fsp3) is 0.394. The molecule has 1 N–H and O–H groups in total. The zero-order valence-corrected chi connectivity index (χ0v) is 26.6. The van der Waals surface area contributed by atoms with Crippen LogP contribution in [0.1, 0.15) is 37.4 Å². The zero-order valence-electron chi connectivity index (χ0n) is 25.8. The number of carbonyl (C=O) groups is 1. The molecule has 15 heteroatoms. The summed E-state index contributed by atoms with van der Waals surface area (Å²) in [5.41, 5.74) is -0.439. The van der Waals surface area contributed by atoms with Gasteiger partial charge in [-0.2, -0.15) is 13.2 Å². The average molecular weight is 683 g/mol. The highest BCUT2D eigenvalue weighted by Gasteiger charge is 2.63. The summed E-state index contributed by atoms with van der Waals surface area (Å²) in [6.45, 7) is 3.73. The highest BCUT2D eigenvalue weighted by Crippen LogP contribution is 2.64. The molecule has 4 aromatic heterocycles. The number of nitrogens with zero attached hydrogens (tertiary/aromatic N) is 5. The molecule has 250 valence electrons. The molecular weight excluding hydrogens is 652 g/mol. The van der Waals surface area contributed by atoms with Crippen LogP contribution in [0.5, 0.6) is 0 Å². The van der Waals surface area contributed by atoms with E-state index in [-0.39, 0.29) is 63.1 Å². The molecule has 1 aromatic carbocycles. The van der Waals surface area contributed by atoms with Gasteiger partial charge < -0.3 is 10.1 Å². The smallest absolute Gasteiger partial charge is 0.433 e. The molecule has 48 heavy (non-hydrogen) atoms. The second-order valence-corrected chi connectivity index (χ2v) is 14.7. The van der Waals surface area contributed by atoms with Crippen molar-refractivity contribution in [3.05, 3.63) is 71.9 Å². The van der Waals surface area contributed by atoms with Crippen molar-refractivity contribution in [1.29, 1.82) is 0 Å². The van der Waals surface area contributed by atoms with E-state index >= 15 is 0 Å². The minimum absolute atomic E-state index is 0.0151. The van der Waals surface area contributed by atoms with Crippen molar-refractivity contribution in [1.82, 2.24) is 23.6 Å². The second kappa shape index (κ2) is 10.7. The van der Waals surface area contributed by atoms with Crippen molar-refractivity contribution < 1.29 is 35.5 Å². The molecule has 4 aliphatic rings. The highest BCUT2D eigenvalue weighted by molar-refractivity contribution is 7.90. The first-order valence-corrected chi connectivity index (χ1v) is 17.2. The summed E-state index contributed by atoms with van der Waals surface area (Å²) in [7, 11) is -4.29. The van der Waals surface area contributed by atoms with E-state index in [4.69, 9.17) is 4.74 Å². The molecule has 0 amide bonds. The molecule has 2 unspecified atom stereocenters. The van der Waals surface area contributed by atoms with Crippen LogP contribution in [0, 0.1) is 42.3 Å². The zero-order chi connectivity index (χ0) is 33.7. The fourth-order valence-electron chi connectivity index (χ4n) is 8.04. The number of hydrogen-bond donors (Lipinski definition) is 1. The third-order valence-corrected chi connectivity index (χ3v) is 11.9. The van der Waals surface area contributed by atoms with Crippen LogP contribution in [0.4, 0.5) is 23.4 Å². The summed E-state index contributed by atoms with van der Waals surface area (Å²) < 4.78 is 92.2. The molecule has 5 aromatic rings. The molecule has 0 aliphatic heterocycles. The van der Waals surface area contributed by atoms with E-state index in [0.717, 1.165) is 53.3 Å². The maximum Gasteiger partial charge on any atom is 0.433 e. The van der Waals surface area contributed by atoms with E-state index in [2.05, 4.69) is 20.4 Å². The lowest BCUT2D eigenvalue weighted by molar-refractivity contribution is -0.155. The Morgan fingerprint density at radius 2 is 1.79 bits per heavy atom. The van der Waals surface area contributed by atoms with Crippen molar-refractivity contribution in [2.24, 2.45) is 29.6 Å². The van der Waals surface area contributed by atoms with Crippen LogP contribution in [0.25, 0.3) is 27.9 Å². The number of anilines is 1. The number of nitrogens with one attached hydrogen (secondary N) is 1. The van der Waals surface area contributed by atoms with Crippen LogP contribution in [0.15, 0.2) is 59.8 Å². The number of benzene rings is 1. The number of aryl methyl sites for hydroxylation is 1. The Hall–Kier alpha value is -4.53. The van der Waals surface area contributed by atoms with Gasteiger partial charge >= 0.3 is 12.1 Å². The SMILES string of the molecule is CCOC(=O)[C@H]1[C@H](Nc2nc(-c3cn(S(=O)(=O)c4ccc(C)cc4)c4ncc(F)cc34)nn3c(C(F)(F)F)ccc23)[C@@H]2CC[C@H]1C1CC12. The first-order valence-electron chi connectivity index (χ1n) is 15.8. The standard InChI is InChI=1S/C33H30F4N6O4S/c1-3-47-32(44)27-19-8-9-20(22-13-21(19)22)28(27)39-30-25-10-11-26(33(35,36)37)43(25)41-29(40-30)24-15-42(31-23(24)12-17(34)14-38-31)48(45,46)18-6-4-16(2)5-7-18/h4-7,10-12,14-15,19-22,27-28H,3,8-9,13H2,1-2H3,(H,39,40,41)/t19-,20+,21?,22?,27+,28+/m0/s1. The van der Waals surface area contributed by atoms with Crippen LogP contribution in [0.3, 0.4) is 0 Å². The summed E-state index contributed by atoms with van der Waals surface area (Å²) in [4.78, 5) is 21.9. The van der Waals surface area contributed by atoms with Gasteiger partial charge in [-0.1, -0.05) is 17.7 Å². The van der Waals surface area contributed by atoms with Crippen LogP contribution >= 0.6 is 0 Å². The number of rotatable bonds is 7. The minimum atomic E-state index is -4.80. The fourth-order valence-corrected chi connectivity index (χ4v) is 9.37. The molecule has 9 rings (SSSR count). The number of ether oxygens (including phenoxy) is 1. The monoisotopic (exact) mass is 682 g/mol. The van der Waals surface area contributed by atoms with Gasteiger partial charge in [0.1, 0.15) is 17.0 Å². The van der Waals surface area contributed by atoms with Crippen molar-refractivity contribution in [2.75, 3.05) is 11.9 Å². The maximum atomic E-state index is 14.7. The minimum Gasteiger partial charge on any atom is -0.466 e. The molecule has 0 saturated heterocycles. The molecule has 6 atom stereocenters. The molecule has 4 heterocycles. The van der Waals surface area contributed by atoms with E-state index in [9.17, 15) is 30.8 Å². The third kappa shape index (κ3) is 4.76. The Morgan fingerprint density at radius 3 is 2.52 bits per heavy atom. The second-order valence-electron chi connectivity index (χ2n) is 12.9. The van der Waals surface area contributed by atoms with E-state index < -0.39 is 39.7 Å². The molecule has 10 nitrogen and oxygen atoms in total. The summed E-state index contributed by atoms with van der Waals surface area (Å²) in [5, 5.41) is 7.57. The van der Waals surface area contributed by atoms with Gasteiger partial charge in [-0.05, 0) is 87.1 Å². The predicted molar refractivity (Wildman–Crippen MR) is 166 cm³/mol. The first kappa shape index (κ1) is 30.8. The van der Waals surface area contributed by atoms with Crippen LogP contribution < -0.4 is 5.32 Å². The Bertz CT molecular complexity index is 2220. The van der Waals surface area contributed by atoms with Gasteiger partial charge in [0.05, 0.1) is 23.6 Å². The quantitative estimate of drug-likeness (QED) is 0.162. The lowest BCUT2D eigenvalue weighted by Gasteiger charge is -2.47. The van der Waals surface area contributed by atoms with Gasteiger partial charge in [-0.3, -0.25) is 4.79 Å². The topological polar surface area (TPSA) is 120 Å². The van der Waals surface area contributed by atoms with Crippen LogP contribution in [0.2, 0.25) is 0 Å². The average Bonchev–Trinajstić information content (AvgIpc) is 3.61. The molecule has 4 saturated carbocycles. The van der Waals surface area contributed by atoms with Crippen LogP contribution in [-0.4, -0.2) is 50.6 Å². The van der Waals surface area contributed by atoms with Crippen molar-refractivity contribution >= 4 is 38.4 Å². The molecular formula is C33H30F4N6O4S. The maximum absolute atomic E-state index is 14.7.